The highest BCUT2D eigenvalue weighted by atomic mass is 127. The average Bonchev–Trinajstić information content (AvgIpc) is 2.59. The molecule has 0 aromatic carbocycles. The molecule has 0 aliphatic carbocycles. The Morgan fingerprint density at radius 2 is 2.07 bits per heavy atom. The van der Waals surface area contributed by atoms with E-state index >= 15 is 0 Å². The molecule has 3 N–H and O–H groups in total. The first-order valence-electron chi connectivity index (χ1n) is 10.0. The summed E-state index contributed by atoms with van der Waals surface area (Å²) >= 11 is 0. The number of likely N-dealkylation sites (tertiary alicyclic amines) is 1. The van der Waals surface area contributed by atoms with E-state index in [1.165, 1.54) is 0 Å². The predicted octanol–water partition coefficient (Wildman–Crippen LogP) is 3.07. The minimum Gasteiger partial charge on any atom is -0.444 e. The summed E-state index contributed by atoms with van der Waals surface area (Å²) in [5.41, 5.74) is -0.461. The maximum Gasteiger partial charge on any atom is 0.410 e. The van der Waals surface area contributed by atoms with Crippen LogP contribution in [-0.2, 0) is 4.74 Å². The molecule has 1 amide bonds. The second-order valence-electron chi connectivity index (χ2n) is 7.84. The van der Waals surface area contributed by atoms with Crippen LogP contribution < -0.4 is 16.0 Å². The number of hydrogen-bond acceptors (Lipinski definition) is 5. The minimum absolute atomic E-state index is 0. The Balaban J connectivity index is 0.00000420. The first kappa shape index (κ1) is 25.3. The molecule has 1 aromatic rings. The molecule has 9 heteroatoms. The van der Waals surface area contributed by atoms with Gasteiger partial charge in [-0.1, -0.05) is 6.07 Å². The average molecular weight is 518 g/mol. The predicted molar refractivity (Wildman–Crippen MR) is 128 cm³/mol. The monoisotopic (exact) mass is 518 g/mol. The summed E-state index contributed by atoms with van der Waals surface area (Å²) in [4.78, 5) is 22.6. The number of ether oxygens (including phenoxy) is 1. The number of hydrogen-bond donors (Lipinski definition) is 3. The second-order valence-corrected chi connectivity index (χ2v) is 7.84. The molecule has 1 aliphatic heterocycles. The molecule has 1 saturated heterocycles. The third kappa shape index (κ3) is 10.00. The van der Waals surface area contributed by atoms with Crippen molar-refractivity contribution in [2.24, 2.45) is 4.99 Å². The zero-order chi connectivity index (χ0) is 20.4. The van der Waals surface area contributed by atoms with E-state index in [9.17, 15) is 4.79 Å². The number of amides is 1. The Morgan fingerprint density at radius 3 is 2.69 bits per heavy atom. The van der Waals surface area contributed by atoms with E-state index in [-0.39, 0.29) is 36.1 Å². The second kappa shape index (κ2) is 12.7. The van der Waals surface area contributed by atoms with Crippen molar-refractivity contribution in [2.45, 2.75) is 52.2 Å². The lowest BCUT2D eigenvalue weighted by Gasteiger charge is -2.40. The number of aliphatic imine (C=N–C) groups is 1. The fourth-order valence-corrected chi connectivity index (χ4v) is 2.67. The van der Waals surface area contributed by atoms with Crippen LogP contribution in [0.1, 0.15) is 40.5 Å². The number of anilines is 1. The van der Waals surface area contributed by atoms with Crippen LogP contribution in [-0.4, -0.2) is 66.3 Å². The summed E-state index contributed by atoms with van der Waals surface area (Å²) in [6.45, 7) is 11.4. The summed E-state index contributed by atoms with van der Waals surface area (Å²) in [7, 11) is 0. The van der Waals surface area contributed by atoms with Gasteiger partial charge in [-0.15, -0.1) is 24.0 Å². The van der Waals surface area contributed by atoms with Gasteiger partial charge in [0.2, 0.25) is 0 Å². The standard InChI is InChI=1S/C20H34N6O2.HI/c1-5-21-18(24-13-9-8-12-23-17-10-6-7-11-22-17)25-16-14-26(15-16)19(27)28-20(2,3)4;/h6-7,10-11,16H,5,8-9,12-15H2,1-4H3,(H,22,23)(H2,21,24,25);1H. The van der Waals surface area contributed by atoms with E-state index < -0.39 is 5.60 Å². The van der Waals surface area contributed by atoms with Crippen molar-refractivity contribution in [3.8, 4) is 0 Å². The smallest absolute Gasteiger partial charge is 0.410 e. The van der Waals surface area contributed by atoms with E-state index in [0.717, 1.165) is 44.3 Å². The number of halogens is 1. The molecule has 1 aromatic heterocycles. The summed E-state index contributed by atoms with van der Waals surface area (Å²) < 4.78 is 5.38. The van der Waals surface area contributed by atoms with E-state index in [2.05, 4.69) is 25.9 Å². The Bertz CT molecular complexity index is 630. The maximum atomic E-state index is 12.0. The zero-order valence-electron chi connectivity index (χ0n) is 17.9. The van der Waals surface area contributed by atoms with Crippen molar-refractivity contribution in [1.82, 2.24) is 20.5 Å². The Hall–Kier alpha value is -1.78. The van der Waals surface area contributed by atoms with Gasteiger partial charge in [0.15, 0.2) is 5.96 Å². The number of carbonyl (C=O) groups is 1. The topological polar surface area (TPSA) is 90.9 Å². The fraction of sp³-hybridized carbons (Fsp3) is 0.650. The summed E-state index contributed by atoms with van der Waals surface area (Å²) in [5.74, 6) is 1.70. The molecule has 164 valence electrons. The van der Waals surface area contributed by atoms with Gasteiger partial charge in [0.25, 0.3) is 0 Å². The first-order valence-corrected chi connectivity index (χ1v) is 10.0. The number of pyridine rings is 1. The molecule has 0 atom stereocenters. The Morgan fingerprint density at radius 1 is 1.31 bits per heavy atom. The van der Waals surface area contributed by atoms with E-state index in [0.29, 0.717) is 13.1 Å². The molecule has 0 bridgehead atoms. The number of carbonyl (C=O) groups excluding carboxylic acids is 1. The van der Waals surface area contributed by atoms with Crippen LogP contribution in [0.25, 0.3) is 0 Å². The maximum absolute atomic E-state index is 12.0. The number of guanidine groups is 1. The van der Waals surface area contributed by atoms with Crippen molar-refractivity contribution >= 4 is 41.8 Å². The van der Waals surface area contributed by atoms with Crippen molar-refractivity contribution in [2.75, 3.05) is 38.0 Å². The molecule has 8 nitrogen and oxygen atoms in total. The quantitative estimate of drug-likeness (QED) is 0.212. The van der Waals surface area contributed by atoms with E-state index in [4.69, 9.17) is 4.74 Å². The number of aromatic nitrogens is 1. The van der Waals surface area contributed by atoms with Gasteiger partial charge >= 0.3 is 6.09 Å². The molecule has 2 heterocycles. The normalized spacial score (nSPS) is 14.5. The number of rotatable bonds is 8. The van der Waals surface area contributed by atoms with Gasteiger partial charge < -0.3 is 25.6 Å². The van der Waals surface area contributed by atoms with E-state index in [1.807, 2.05) is 45.9 Å². The minimum atomic E-state index is -0.461. The van der Waals surface area contributed by atoms with Crippen molar-refractivity contribution in [1.29, 1.82) is 0 Å². The van der Waals surface area contributed by atoms with Gasteiger partial charge in [0, 0.05) is 38.9 Å². The molecule has 1 aliphatic rings. The van der Waals surface area contributed by atoms with Crippen LogP contribution in [0.2, 0.25) is 0 Å². The van der Waals surface area contributed by atoms with Crippen LogP contribution in [0, 0.1) is 0 Å². The highest BCUT2D eigenvalue weighted by Crippen LogP contribution is 2.15. The van der Waals surface area contributed by atoms with E-state index in [1.54, 1.807) is 11.1 Å². The summed E-state index contributed by atoms with van der Waals surface area (Å²) in [6, 6.07) is 6.04. The molecule has 0 spiro atoms. The van der Waals surface area contributed by atoms with Crippen LogP contribution in [0.5, 0.6) is 0 Å². The SMILES string of the molecule is CCNC(=NCCCCNc1ccccn1)NC1CN(C(=O)OC(C)(C)C)C1.I. The van der Waals surface area contributed by atoms with Crippen LogP contribution in [0.15, 0.2) is 29.4 Å². The van der Waals surface area contributed by atoms with Crippen LogP contribution in [0.4, 0.5) is 10.6 Å². The number of unbranched alkanes of at least 4 members (excludes halogenated alkanes) is 1. The Labute approximate surface area is 191 Å². The lowest BCUT2D eigenvalue weighted by molar-refractivity contribution is 0.00701. The van der Waals surface area contributed by atoms with Crippen molar-refractivity contribution in [3.63, 3.8) is 0 Å². The fourth-order valence-electron chi connectivity index (χ4n) is 2.67. The molecule has 0 saturated carbocycles. The lowest BCUT2D eigenvalue weighted by Crippen LogP contribution is -2.63. The van der Waals surface area contributed by atoms with Gasteiger partial charge in [0.05, 0.1) is 6.04 Å². The molecular formula is C20H35IN6O2. The van der Waals surface area contributed by atoms with Crippen LogP contribution in [0.3, 0.4) is 0 Å². The van der Waals surface area contributed by atoms with Crippen LogP contribution >= 0.6 is 24.0 Å². The van der Waals surface area contributed by atoms with Gasteiger partial charge in [-0.3, -0.25) is 4.99 Å². The third-order valence-electron chi connectivity index (χ3n) is 4.04. The molecule has 1 fully saturated rings. The lowest BCUT2D eigenvalue weighted by atomic mass is 10.1. The molecule has 2 rings (SSSR count). The largest absolute Gasteiger partial charge is 0.444 e. The highest BCUT2D eigenvalue weighted by Gasteiger charge is 2.34. The number of nitrogens with one attached hydrogen (secondary N) is 3. The van der Waals surface area contributed by atoms with Gasteiger partial charge in [-0.05, 0) is 52.7 Å². The van der Waals surface area contributed by atoms with Crippen molar-refractivity contribution in [3.05, 3.63) is 24.4 Å². The van der Waals surface area contributed by atoms with Crippen molar-refractivity contribution < 1.29 is 9.53 Å². The van der Waals surface area contributed by atoms with Gasteiger partial charge in [0.1, 0.15) is 11.4 Å². The highest BCUT2D eigenvalue weighted by molar-refractivity contribution is 14.0. The zero-order valence-corrected chi connectivity index (χ0v) is 20.2. The third-order valence-corrected chi connectivity index (χ3v) is 4.04. The molecule has 0 unspecified atom stereocenters. The Kier molecular flexibility index (Phi) is 11.1. The molecule has 29 heavy (non-hydrogen) atoms. The first-order chi connectivity index (χ1) is 13.4. The van der Waals surface area contributed by atoms with Gasteiger partial charge in [-0.2, -0.15) is 0 Å². The van der Waals surface area contributed by atoms with Gasteiger partial charge in [-0.25, -0.2) is 9.78 Å². The molecule has 0 radical (unpaired) electrons. The summed E-state index contributed by atoms with van der Waals surface area (Å²) in [5, 5.41) is 9.94. The number of nitrogens with zero attached hydrogens (tertiary/aromatic N) is 3. The summed E-state index contributed by atoms with van der Waals surface area (Å²) in [6.07, 6.45) is 3.54. The molecular weight excluding hydrogens is 483 g/mol.